The molecular formula is C6H10N4O2. The van der Waals surface area contributed by atoms with Crippen LogP contribution in [-0.2, 0) is 9.53 Å². The van der Waals surface area contributed by atoms with Crippen LogP contribution in [0.3, 0.4) is 0 Å². The smallest absolute Gasteiger partial charge is 0.322 e. The van der Waals surface area contributed by atoms with Crippen LogP contribution in [0, 0.1) is 0 Å². The number of nitrogens with zero attached hydrogens (tertiary/aromatic N) is 3. The predicted octanol–water partition coefficient (Wildman–Crippen LogP) is 0.200. The van der Waals surface area contributed by atoms with Crippen molar-refractivity contribution < 1.29 is 9.53 Å². The number of nitrogens with one attached hydrogen (secondary N) is 1. The summed E-state index contributed by atoms with van der Waals surface area (Å²) in [6, 6.07) is -0.440. The molecule has 12 heavy (non-hydrogen) atoms. The topological polar surface area (TPSA) is 87.1 Å². The number of ether oxygens (including phenoxy) is 1. The number of esters is 1. The van der Waals surface area contributed by atoms with E-state index in [1.807, 2.05) is 0 Å². The average molecular weight is 170 g/mol. The van der Waals surface area contributed by atoms with E-state index in [1.165, 1.54) is 7.11 Å². The Bertz CT molecular complexity index is 224. The average Bonchev–Trinajstić information content (AvgIpc) is 2.52. The number of carbonyl (C=O) groups is 1. The molecule has 0 unspecified atom stereocenters. The zero-order valence-electron chi connectivity index (χ0n) is 6.73. The zero-order valence-corrected chi connectivity index (χ0v) is 6.73. The Morgan fingerprint density at radius 1 is 1.83 bits per heavy atom. The van der Waals surface area contributed by atoms with Crippen molar-refractivity contribution in [3.05, 3.63) is 10.4 Å². The summed E-state index contributed by atoms with van der Waals surface area (Å²) < 4.78 is 4.52. The van der Waals surface area contributed by atoms with Gasteiger partial charge < -0.3 is 10.1 Å². The first kappa shape index (κ1) is 8.83. The van der Waals surface area contributed by atoms with Gasteiger partial charge in [0.15, 0.2) is 0 Å². The highest BCUT2D eigenvalue weighted by Crippen LogP contribution is 2.11. The third kappa shape index (κ3) is 1.87. The Morgan fingerprint density at radius 3 is 3.17 bits per heavy atom. The fourth-order valence-corrected chi connectivity index (χ4v) is 1.20. The van der Waals surface area contributed by atoms with E-state index in [1.54, 1.807) is 0 Å². The van der Waals surface area contributed by atoms with E-state index in [2.05, 4.69) is 20.1 Å². The van der Waals surface area contributed by atoms with E-state index < -0.39 is 0 Å². The molecule has 1 fully saturated rings. The maximum Gasteiger partial charge on any atom is 0.322 e. The molecule has 1 N–H and O–H groups in total. The van der Waals surface area contributed by atoms with Gasteiger partial charge in [-0.3, -0.25) is 4.79 Å². The highest BCUT2D eigenvalue weighted by atomic mass is 16.5. The first-order valence-electron chi connectivity index (χ1n) is 3.63. The lowest BCUT2D eigenvalue weighted by molar-refractivity contribution is -0.142. The molecule has 66 valence electrons. The molecule has 6 heteroatoms. The van der Waals surface area contributed by atoms with Gasteiger partial charge in [-0.15, -0.1) is 0 Å². The number of carbonyl (C=O) groups excluding carboxylic acids is 1. The van der Waals surface area contributed by atoms with E-state index >= 15 is 0 Å². The summed E-state index contributed by atoms with van der Waals surface area (Å²) in [5.74, 6) is -0.300. The van der Waals surface area contributed by atoms with Crippen LogP contribution in [0.4, 0.5) is 0 Å². The maximum absolute atomic E-state index is 10.9. The summed E-state index contributed by atoms with van der Waals surface area (Å²) >= 11 is 0. The molecule has 0 spiro atoms. The quantitative estimate of drug-likeness (QED) is 0.278. The summed E-state index contributed by atoms with van der Waals surface area (Å²) in [7, 11) is 1.34. The second-order valence-electron chi connectivity index (χ2n) is 2.58. The Labute approximate surface area is 69.5 Å². The van der Waals surface area contributed by atoms with Crippen molar-refractivity contribution in [3.8, 4) is 0 Å². The predicted molar refractivity (Wildman–Crippen MR) is 41.4 cm³/mol. The second-order valence-corrected chi connectivity index (χ2v) is 2.58. The lowest BCUT2D eigenvalue weighted by Crippen LogP contribution is -2.31. The summed E-state index contributed by atoms with van der Waals surface area (Å²) in [5.41, 5.74) is 8.12. The van der Waals surface area contributed by atoms with Crippen molar-refractivity contribution in [2.45, 2.75) is 18.5 Å². The van der Waals surface area contributed by atoms with Gasteiger partial charge in [-0.1, -0.05) is 5.11 Å². The first-order chi connectivity index (χ1) is 5.77. The Hall–Kier alpha value is -1.26. The Morgan fingerprint density at radius 2 is 2.58 bits per heavy atom. The van der Waals surface area contributed by atoms with Gasteiger partial charge in [0.2, 0.25) is 0 Å². The Balaban J connectivity index is 2.45. The molecule has 0 aliphatic carbocycles. The van der Waals surface area contributed by atoms with Crippen molar-refractivity contribution >= 4 is 5.97 Å². The van der Waals surface area contributed by atoms with Crippen LogP contribution in [0.5, 0.6) is 0 Å². The molecule has 0 amide bonds. The fourth-order valence-electron chi connectivity index (χ4n) is 1.20. The molecule has 6 nitrogen and oxygen atoms in total. The third-order valence-electron chi connectivity index (χ3n) is 1.81. The highest BCUT2D eigenvalue weighted by Gasteiger charge is 2.29. The number of rotatable bonds is 2. The van der Waals surface area contributed by atoms with Gasteiger partial charge in [-0.2, -0.15) is 0 Å². The van der Waals surface area contributed by atoms with Crippen LogP contribution < -0.4 is 5.32 Å². The van der Waals surface area contributed by atoms with Crippen LogP contribution in [0.15, 0.2) is 5.11 Å². The van der Waals surface area contributed by atoms with Crippen LogP contribution in [0.25, 0.3) is 10.4 Å². The van der Waals surface area contributed by atoms with Gasteiger partial charge in [0.25, 0.3) is 0 Å². The van der Waals surface area contributed by atoms with Crippen molar-refractivity contribution in [2.75, 3.05) is 13.7 Å². The van der Waals surface area contributed by atoms with E-state index in [0.29, 0.717) is 13.0 Å². The van der Waals surface area contributed by atoms with Crippen molar-refractivity contribution in [1.82, 2.24) is 5.32 Å². The molecule has 0 saturated carbocycles. The summed E-state index contributed by atoms with van der Waals surface area (Å²) in [5, 5.41) is 6.40. The Kier molecular flexibility index (Phi) is 2.90. The SMILES string of the molecule is COC(=O)[C@@H]1C[C@@H](N=[N+]=[N-])CN1. The highest BCUT2D eigenvalue weighted by molar-refractivity contribution is 5.76. The molecule has 0 aromatic heterocycles. The number of methoxy groups -OCH3 is 1. The number of azide groups is 1. The first-order valence-corrected chi connectivity index (χ1v) is 3.63. The minimum Gasteiger partial charge on any atom is -0.468 e. The van der Waals surface area contributed by atoms with Crippen molar-refractivity contribution in [3.63, 3.8) is 0 Å². The van der Waals surface area contributed by atoms with E-state index in [-0.39, 0.29) is 18.1 Å². The van der Waals surface area contributed by atoms with Gasteiger partial charge in [0.05, 0.1) is 13.2 Å². The molecule has 0 bridgehead atoms. The molecule has 1 rings (SSSR count). The maximum atomic E-state index is 10.9. The summed E-state index contributed by atoms with van der Waals surface area (Å²) in [6.45, 7) is 0.545. The number of hydrogen-bond acceptors (Lipinski definition) is 4. The van der Waals surface area contributed by atoms with Crippen molar-refractivity contribution in [1.29, 1.82) is 0 Å². The van der Waals surface area contributed by atoms with Crippen LogP contribution in [0.1, 0.15) is 6.42 Å². The minimum absolute atomic E-state index is 0.126. The molecule has 0 radical (unpaired) electrons. The van der Waals surface area contributed by atoms with Gasteiger partial charge in [-0.25, -0.2) is 0 Å². The molecule has 1 saturated heterocycles. The minimum atomic E-state index is -0.314. The van der Waals surface area contributed by atoms with Gasteiger partial charge in [0.1, 0.15) is 6.04 Å². The molecular weight excluding hydrogens is 160 g/mol. The van der Waals surface area contributed by atoms with Gasteiger partial charge in [0, 0.05) is 11.5 Å². The molecule has 0 aromatic rings. The van der Waals surface area contributed by atoms with Crippen LogP contribution in [0.2, 0.25) is 0 Å². The summed E-state index contributed by atoms with van der Waals surface area (Å²) in [4.78, 5) is 13.6. The molecule has 1 aliphatic heterocycles. The van der Waals surface area contributed by atoms with E-state index in [9.17, 15) is 4.79 Å². The van der Waals surface area contributed by atoms with Gasteiger partial charge >= 0.3 is 5.97 Å². The second kappa shape index (κ2) is 3.94. The normalized spacial score (nSPS) is 27.8. The third-order valence-corrected chi connectivity index (χ3v) is 1.81. The number of hydrogen-bond donors (Lipinski definition) is 1. The summed E-state index contributed by atoms with van der Waals surface area (Å²) in [6.07, 6.45) is 0.525. The zero-order chi connectivity index (χ0) is 8.97. The monoisotopic (exact) mass is 170 g/mol. The standard InChI is InChI=1S/C6H10N4O2/c1-12-6(11)5-2-4(3-8-5)9-10-7/h4-5,8H,2-3H2,1H3/t4-,5+/m1/s1. The largest absolute Gasteiger partial charge is 0.468 e. The lowest BCUT2D eigenvalue weighted by atomic mass is 10.2. The van der Waals surface area contributed by atoms with Crippen molar-refractivity contribution in [2.24, 2.45) is 5.11 Å². The molecule has 0 aromatic carbocycles. The molecule has 1 heterocycles. The fraction of sp³-hybridized carbons (Fsp3) is 0.833. The van der Waals surface area contributed by atoms with E-state index in [0.717, 1.165) is 0 Å². The van der Waals surface area contributed by atoms with Gasteiger partial charge in [-0.05, 0) is 12.0 Å². The lowest BCUT2D eigenvalue weighted by Gasteiger charge is -2.05. The van der Waals surface area contributed by atoms with Crippen LogP contribution >= 0.6 is 0 Å². The molecule has 1 aliphatic rings. The molecule has 2 atom stereocenters. The van der Waals surface area contributed by atoms with E-state index in [4.69, 9.17) is 5.53 Å². The van der Waals surface area contributed by atoms with Crippen LogP contribution in [-0.4, -0.2) is 31.7 Å².